The zero-order valence-corrected chi connectivity index (χ0v) is 14.7. The summed E-state index contributed by atoms with van der Waals surface area (Å²) < 4.78 is 10.3. The summed E-state index contributed by atoms with van der Waals surface area (Å²) in [6, 6.07) is 7.15. The Morgan fingerprint density at radius 1 is 1.33 bits per heavy atom. The molecule has 2 rings (SSSR count). The summed E-state index contributed by atoms with van der Waals surface area (Å²) in [4.78, 5) is 16.4. The Bertz CT molecular complexity index is 691. The van der Waals surface area contributed by atoms with E-state index in [1.165, 1.54) is 0 Å². The smallest absolute Gasteiger partial charge is 0.315 e. The van der Waals surface area contributed by atoms with Crippen molar-refractivity contribution in [2.24, 2.45) is 5.41 Å². The number of nitrogens with one attached hydrogen (secondary N) is 2. The Kier molecular flexibility index (Phi) is 5.43. The van der Waals surface area contributed by atoms with Crippen molar-refractivity contribution >= 4 is 6.03 Å². The van der Waals surface area contributed by atoms with Crippen molar-refractivity contribution in [2.75, 3.05) is 7.11 Å². The van der Waals surface area contributed by atoms with Gasteiger partial charge in [0, 0.05) is 12.5 Å². The highest BCUT2D eigenvalue weighted by molar-refractivity contribution is 5.74. The molecule has 0 aliphatic heterocycles. The Labute approximate surface area is 141 Å². The Hall–Kier alpha value is -2.57. The fraction of sp³-hybridized carbons (Fsp3) is 0.471. The standard InChI is InChI=1S/C17H24N4O3/c1-11-19-14(21-24-11)10-18-16(22)20-15(17(2,3)4)12-8-6-7-9-13(12)23-5/h6-9,15H,10H2,1-5H3,(H2,18,20,22). The van der Waals surface area contributed by atoms with Gasteiger partial charge in [-0.3, -0.25) is 0 Å². The summed E-state index contributed by atoms with van der Waals surface area (Å²) in [6.07, 6.45) is 0. The van der Waals surface area contributed by atoms with Crippen molar-refractivity contribution in [1.29, 1.82) is 0 Å². The number of carbonyl (C=O) groups excluding carboxylic acids is 1. The normalized spacial score (nSPS) is 12.5. The summed E-state index contributed by atoms with van der Waals surface area (Å²) >= 11 is 0. The summed E-state index contributed by atoms with van der Waals surface area (Å²) in [5.41, 5.74) is 0.729. The van der Waals surface area contributed by atoms with Crippen LogP contribution in [0.25, 0.3) is 0 Å². The third-order valence-electron chi connectivity index (χ3n) is 3.57. The first-order valence-corrected chi connectivity index (χ1v) is 7.77. The Morgan fingerprint density at radius 2 is 2.04 bits per heavy atom. The van der Waals surface area contributed by atoms with Gasteiger partial charge in [0.25, 0.3) is 0 Å². The van der Waals surface area contributed by atoms with Crippen LogP contribution in [0, 0.1) is 12.3 Å². The topological polar surface area (TPSA) is 89.3 Å². The van der Waals surface area contributed by atoms with Gasteiger partial charge in [-0.05, 0) is 11.5 Å². The molecule has 7 nitrogen and oxygen atoms in total. The maximum absolute atomic E-state index is 12.3. The molecule has 2 N–H and O–H groups in total. The molecule has 1 aromatic carbocycles. The van der Waals surface area contributed by atoms with E-state index in [9.17, 15) is 4.79 Å². The number of amides is 2. The SMILES string of the molecule is COc1ccccc1C(NC(=O)NCc1noc(C)n1)C(C)(C)C. The summed E-state index contributed by atoms with van der Waals surface area (Å²) in [7, 11) is 1.62. The first kappa shape index (κ1) is 17.8. The van der Waals surface area contributed by atoms with Crippen LogP contribution in [0.1, 0.15) is 44.1 Å². The van der Waals surface area contributed by atoms with Crippen molar-refractivity contribution in [1.82, 2.24) is 20.8 Å². The van der Waals surface area contributed by atoms with Crippen LogP contribution in [0.4, 0.5) is 4.79 Å². The number of methoxy groups -OCH3 is 1. The monoisotopic (exact) mass is 332 g/mol. The van der Waals surface area contributed by atoms with E-state index < -0.39 is 0 Å². The molecule has 0 saturated heterocycles. The van der Waals surface area contributed by atoms with Crippen molar-refractivity contribution in [2.45, 2.75) is 40.3 Å². The number of nitrogens with zero attached hydrogens (tertiary/aromatic N) is 2. The molecule has 2 aromatic rings. The lowest BCUT2D eigenvalue weighted by atomic mass is 9.82. The average Bonchev–Trinajstić information content (AvgIpc) is 2.95. The maximum atomic E-state index is 12.3. The van der Waals surface area contributed by atoms with Gasteiger partial charge in [-0.15, -0.1) is 0 Å². The number of ether oxygens (including phenoxy) is 1. The lowest BCUT2D eigenvalue weighted by molar-refractivity contribution is 0.216. The first-order valence-electron chi connectivity index (χ1n) is 7.77. The van der Waals surface area contributed by atoms with Gasteiger partial charge >= 0.3 is 6.03 Å². The third kappa shape index (κ3) is 4.47. The number of aryl methyl sites for hydroxylation is 1. The molecule has 0 aliphatic rings. The van der Waals surface area contributed by atoms with E-state index in [4.69, 9.17) is 9.26 Å². The Balaban J connectivity index is 2.10. The highest BCUT2D eigenvalue weighted by Gasteiger charge is 2.30. The van der Waals surface area contributed by atoms with Gasteiger partial charge in [-0.2, -0.15) is 4.98 Å². The fourth-order valence-electron chi connectivity index (χ4n) is 2.42. The van der Waals surface area contributed by atoms with Crippen LogP contribution in [0.15, 0.2) is 28.8 Å². The minimum Gasteiger partial charge on any atom is -0.496 e. The lowest BCUT2D eigenvalue weighted by Gasteiger charge is -2.32. The highest BCUT2D eigenvalue weighted by Crippen LogP contribution is 2.37. The molecule has 130 valence electrons. The predicted molar refractivity (Wildman–Crippen MR) is 89.6 cm³/mol. The maximum Gasteiger partial charge on any atom is 0.315 e. The number of hydrogen-bond donors (Lipinski definition) is 2. The number of carbonyl (C=O) groups is 1. The molecule has 0 aliphatic carbocycles. The minimum atomic E-state index is -0.303. The summed E-state index contributed by atoms with van der Waals surface area (Å²) in [5, 5.41) is 9.51. The number of urea groups is 1. The van der Waals surface area contributed by atoms with Gasteiger partial charge in [0.2, 0.25) is 5.89 Å². The number of aromatic nitrogens is 2. The van der Waals surface area contributed by atoms with Crippen LogP contribution >= 0.6 is 0 Å². The van der Waals surface area contributed by atoms with E-state index in [1.54, 1.807) is 14.0 Å². The number of benzene rings is 1. The fourth-order valence-corrected chi connectivity index (χ4v) is 2.42. The van der Waals surface area contributed by atoms with Crippen LogP contribution < -0.4 is 15.4 Å². The van der Waals surface area contributed by atoms with Crippen molar-refractivity contribution in [3.63, 3.8) is 0 Å². The van der Waals surface area contributed by atoms with Crippen molar-refractivity contribution in [3.8, 4) is 5.75 Å². The van der Waals surface area contributed by atoms with Crippen molar-refractivity contribution in [3.05, 3.63) is 41.5 Å². The lowest BCUT2D eigenvalue weighted by Crippen LogP contribution is -2.42. The zero-order valence-electron chi connectivity index (χ0n) is 14.7. The van der Waals surface area contributed by atoms with Gasteiger partial charge in [0.15, 0.2) is 5.82 Å². The molecule has 0 fully saturated rings. The molecule has 24 heavy (non-hydrogen) atoms. The number of para-hydroxylation sites is 1. The van der Waals surface area contributed by atoms with E-state index in [2.05, 4.69) is 41.5 Å². The molecule has 0 saturated carbocycles. The number of rotatable bonds is 5. The van der Waals surface area contributed by atoms with Crippen molar-refractivity contribution < 1.29 is 14.1 Å². The van der Waals surface area contributed by atoms with Crippen LogP contribution in [0.5, 0.6) is 5.75 Å². The second-order valence-electron chi connectivity index (χ2n) is 6.60. The van der Waals surface area contributed by atoms with Gasteiger partial charge in [0.05, 0.1) is 19.7 Å². The number of hydrogen-bond acceptors (Lipinski definition) is 5. The molecule has 2 amide bonds. The molecule has 1 unspecified atom stereocenters. The molecule has 0 radical (unpaired) electrons. The van der Waals surface area contributed by atoms with E-state index in [0.717, 1.165) is 11.3 Å². The molecule has 7 heteroatoms. The molecule has 1 atom stereocenters. The van der Waals surface area contributed by atoms with Crippen LogP contribution in [-0.4, -0.2) is 23.3 Å². The molecular formula is C17H24N4O3. The second-order valence-corrected chi connectivity index (χ2v) is 6.60. The summed E-state index contributed by atoms with van der Waals surface area (Å²) in [6.45, 7) is 8.09. The van der Waals surface area contributed by atoms with Gasteiger partial charge < -0.3 is 19.9 Å². The van der Waals surface area contributed by atoms with E-state index in [-0.39, 0.29) is 24.0 Å². The zero-order chi connectivity index (χ0) is 17.7. The second kappa shape index (κ2) is 7.33. The van der Waals surface area contributed by atoms with Gasteiger partial charge in [-0.25, -0.2) is 4.79 Å². The van der Waals surface area contributed by atoms with E-state index >= 15 is 0 Å². The predicted octanol–water partition coefficient (Wildman–Crippen LogP) is 2.97. The molecule has 1 aromatic heterocycles. The van der Waals surface area contributed by atoms with Gasteiger partial charge in [0.1, 0.15) is 5.75 Å². The van der Waals surface area contributed by atoms with Gasteiger partial charge in [-0.1, -0.05) is 44.1 Å². The molecule has 1 heterocycles. The van der Waals surface area contributed by atoms with E-state index in [0.29, 0.717) is 11.7 Å². The van der Waals surface area contributed by atoms with E-state index in [1.807, 2.05) is 24.3 Å². The molecule has 0 spiro atoms. The van der Waals surface area contributed by atoms with Crippen LogP contribution in [0.2, 0.25) is 0 Å². The quantitative estimate of drug-likeness (QED) is 0.878. The third-order valence-corrected chi connectivity index (χ3v) is 3.57. The summed E-state index contributed by atoms with van der Waals surface area (Å²) in [5.74, 6) is 1.65. The largest absolute Gasteiger partial charge is 0.496 e. The highest BCUT2D eigenvalue weighted by atomic mass is 16.5. The molecule has 0 bridgehead atoms. The first-order chi connectivity index (χ1) is 11.3. The molecular weight excluding hydrogens is 308 g/mol. The van der Waals surface area contributed by atoms with Crippen LogP contribution in [0.3, 0.4) is 0 Å². The average molecular weight is 332 g/mol. The Morgan fingerprint density at radius 3 is 2.62 bits per heavy atom. The minimum absolute atomic E-state index is 0.200. The van der Waals surface area contributed by atoms with Crippen LogP contribution in [-0.2, 0) is 6.54 Å².